The first-order chi connectivity index (χ1) is 8.32. The van der Waals surface area contributed by atoms with Crippen molar-refractivity contribution in [3.8, 4) is 0 Å². The molecule has 0 saturated carbocycles. The van der Waals surface area contributed by atoms with E-state index in [1.807, 2.05) is 19.0 Å². The highest BCUT2D eigenvalue weighted by Gasteiger charge is 2.33. The van der Waals surface area contributed by atoms with E-state index in [0.29, 0.717) is 16.5 Å². The fraction of sp³-hybridized carbons (Fsp3) is 0.364. The number of hydrogen-bond donors (Lipinski definition) is 1. The van der Waals surface area contributed by atoms with Gasteiger partial charge in [0.05, 0.1) is 5.69 Å². The Morgan fingerprint density at radius 2 is 2.00 bits per heavy atom. The first-order valence-corrected chi connectivity index (χ1v) is 6.84. The average Bonchev–Trinajstić information content (AvgIpc) is 2.25. The number of hydrogen-bond acceptors (Lipinski definition) is 4. The Labute approximate surface area is 106 Å². The molecule has 0 saturated heterocycles. The quantitative estimate of drug-likeness (QED) is 0.866. The Hall–Kier alpha value is -1.60. The lowest BCUT2D eigenvalue weighted by Gasteiger charge is -2.26. The molecule has 2 amide bonds. The topological polar surface area (TPSA) is 69.7 Å². The summed E-state index contributed by atoms with van der Waals surface area (Å²) < 4.78 is 24.7. The van der Waals surface area contributed by atoms with Gasteiger partial charge in [-0.2, -0.15) is 0 Å². The molecule has 1 aromatic rings. The molecule has 0 spiro atoms. The number of carbonyl (C=O) groups excluding carboxylic acids is 1. The smallest absolute Gasteiger partial charge is 0.306 e. The first-order valence-electron chi connectivity index (χ1n) is 5.40. The van der Waals surface area contributed by atoms with Gasteiger partial charge >= 0.3 is 6.03 Å². The van der Waals surface area contributed by atoms with Crippen LogP contribution in [0.5, 0.6) is 0 Å². The van der Waals surface area contributed by atoms with Gasteiger partial charge in [-0.25, -0.2) is 17.5 Å². The zero-order chi connectivity index (χ0) is 13.5. The number of nitrogens with one attached hydrogen (secondary N) is 1. The van der Waals surface area contributed by atoms with Gasteiger partial charge in [0.25, 0.3) is 10.0 Å². The van der Waals surface area contributed by atoms with Crippen LogP contribution in [0.25, 0.3) is 0 Å². The highest BCUT2D eigenvalue weighted by atomic mass is 32.2. The van der Waals surface area contributed by atoms with Crippen molar-refractivity contribution in [3.63, 3.8) is 0 Å². The predicted molar refractivity (Wildman–Crippen MR) is 67.8 cm³/mol. The van der Waals surface area contributed by atoms with E-state index in [-0.39, 0.29) is 4.90 Å². The van der Waals surface area contributed by atoms with Crippen LogP contribution in [0.2, 0.25) is 0 Å². The van der Waals surface area contributed by atoms with Crippen molar-refractivity contribution in [1.82, 2.24) is 9.21 Å². The van der Waals surface area contributed by atoms with E-state index in [1.54, 1.807) is 12.1 Å². The number of carbonyl (C=O) groups is 1. The Bertz CT molecular complexity index is 596. The van der Waals surface area contributed by atoms with Crippen LogP contribution < -0.4 is 5.32 Å². The number of sulfonamides is 1. The third kappa shape index (κ3) is 2.06. The van der Waals surface area contributed by atoms with Crippen LogP contribution >= 0.6 is 0 Å². The number of anilines is 1. The van der Waals surface area contributed by atoms with Crippen LogP contribution in [0, 0.1) is 0 Å². The second-order valence-corrected chi connectivity index (χ2v) is 6.41. The molecular weight excluding hydrogens is 254 g/mol. The van der Waals surface area contributed by atoms with Gasteiger partial charge in [0.1, 0.15) is 4.90 Å². The van der Waals surface area contributed by atoms with E-state index in [1.165, 1.54) is 13.1 Å². The molecule has 1 aliphatic rings. The van der Waals surface area contributed by atoms with E-state index >= 15 is 0 Å². The summed E-state index contributed by atoms with van der Waals surface area (Å²) in [6.07, 6.45) is 0. The van der Waals surface area contributed by atoms with Gasteiger partial charge in [-0.05, 0) is 31.8 Å². The molecule has 0 radical (unpaired) electrons. The third-order valence-corrected chi connectivity index (χ3v) is 4.51. The molecule has 1 aromatic carbocycles. The zero-order valence-electron chi connectivity index (χ0n) is 10.5. The summed E-state index contributed by atoms with van der Waals surface area (Å²) in [5, 5.41) is 2.57. The van der Waals surface area contributed by atoms with Gasteiger partial charge in [-0.15, -0.1) is 0 Å². The number of fused-ring (bicyclic) bond motifs is 1. The number of rotatable bonds is 2. The van der Waals surface area contributed by atoms with Gasteiger partial charge in [0.15, 0.2) is 0 Å². The van der Waals surface area contributed by atoms with E-state index < -0.39 is 16.1 Å². The molecule has 2 rings (SSSR count). The maximum absolute atomic E-state index is 12.0. The normalized spacial score (nSPS) is 17.6. The highest BCUT2D eigenvalue weighted by Crippen LogP contribution is 2.30. The van der Waals surface area contributed by atoms with Crippen molar-refractivity contribution in [2.75, 3.05) is 26.5 Å². The van der Waals surface area contributed by atoms with E-state index in [2.05, 4.69) is 5.32 Å². The lowest BCUT2D eigenvalue weighted by molar-refractivity contribution is 0.240. The summed E-state index contributed by atoms with van der Waals surface area (Å²) in [5.41, 5.74) is 1.29. The molecule has 0 fully saturated rings. The minimum atomic E-state index is -3.71. The molecule has 0 aromatic heterocycles. The lowest BCUT2D eigenvalue weighted by atomic mass is 10.2. The molecule has 7 heteroatoms. The SMILES string of the molecule is CN(C)Cc1ccc2c(c1)NC(=O)N(C)S2(=O)=O. The molecule has 6 nitrogen and oxygen atoms in total. The minimum Gasteiger partial charge on any atom is -0.306 e. The van der Waals surface area contributed by atoms with Crippen molar-refractivity contribution in [1.29, 1.82) is 0 Å². The average molecular weight is 269 g/mol. The number of benzene rings is 1. The fourth-order valence-corrected chi connectivity index (χ4v) is 3.00. The first kappa shape index (κ1) is 12.8. The lowest BCUT2D eigenvalue weighted by Crippen LogP contribution is -2.41. The Balaban J connectivity index is 2.50. The van der Waals surface area contributed by atoms with Crippen LogP contribution in [0.3, 0.4) is 0 Å². The number of amides is 2. The summed E-state index contributed by atoms with van der Waals surface area (Å²) in [6.45, 7) is 0.680. The van der Waals surface area contributed by atoms with Crippen molar-refractivity contribution in [2.45, 2.75) is 11.4 Å². The van der Waals surface area contributed by atoms with Crippen LogP contribution in [-0.2, 0) is 16.6 Å². The molecular formula is C11H15N3O3S. The Kier molecular flexibility index (Phi) is 3.04. The summed E-state index contributed by atoms with van der Waals surface area (Å²) in [7, 11) is 1.37. The molecule has 1 heterocycles. The predicted octanol–water partition coefficient (Wildman–Crippen LogP) is 0.914. The highest BCUT2D eigenvalue weighted by molar-refractivity contribution is 7.90. The van der Waals surface area contributed by atoms with Gasteiger partial charge in [-0.1, -0.05) is 6.07 Å². The van der Waals surface area contributed by atoms with Crippen molar-refractivity contribution in [2.24, 2.45) is 0 Å². The minimum absolute atomic E-state index is 0.132. The van der Waals surface area contributed by atoms with Gasteiger partial charge in [-0.3, -0.25) is 0 Å². The third-order valence-electron chi connectivity index (χ3n) is 2.71. The molecule has 0 unspecified atom stereocenters. The molecule has 0 atom stereocenters. The van der Waals surface area contributed by atoms with Gasteiger partial charge in [0, 0.05) is 13.6 Å². The number of urea groups is 1. The van der Waals surface area contributed by atoms with E-state index in [0.717, 1.165) is 5.56 Å². The van der Waals surface area contributed by atoms with Crippen molar-refractivity contribution >= 4 is 21.7 Å². The van der Waals surface area contributed by atoms with Crippen LogP contribution in [0.1, 0.15) is 5.56 Å². The van der Waals surface area contributed by atoms with Crippen molar-refractivity contribution < 1.29 is 13.2 Å². The zero-order valence-corrected chi connectivity index (χ0v) is 11.3. The van der Waals surface area contributed by atoms with Crippen molar-refractivity contribution in [3.05, 3.63) is 23.8 Å². The van der Waals surface area contributed by atoms with E-state index in [9.17, 15) is 13.2 Å². The second-order valence-electron chi connectivity index (χ2n) is 4.47. The molecule has 0 bridgehead atoms. The standard InChI is InChI=1S/C11H15N3O3S/c1-13(2)7-8-4-5-10-9(6-8)12-11(15)14(3)18(10,16)17/h4-6H,7H2,1-3H3,(H,12,15). The second kappa shape index (κ2) is 4.25. The largest absolute Gasteiger partial charge is 0.335 e. The van der Waals surface area contributed by atoms with Gasteiger partial charge < -0.3 is 10.2 Å². The molecule has 0 aliphatic carbocycles. The van der Waals surface area contributed by atoms with Crippen LogP contribution in [-0.4, -0.2) is 44.8 Å². The fourth-order valence-electron chi connectivity index (χ4n) is 1.81. The van der Waals surface area contributed by atoms with Gasteiger partial charge in [0.2, 0.25) is 0 Å². The molecule has 1 N–H and O–H groups in total. The summed E-state index contributed by atoms with van der Waals surface area (Å²) in [4.78, 5) is 13.6. The monoisotopic (exact) mass is 269 g/mol. The maximum atomic E-state index is 12.0. The summed E-state index contributed by atoms with van der Waals surface area (Å²) >= 11 is 0. The van der Waals surface area contributed by atoms with Crippen LogP contribution in [0.15, 0.2) is 23.1 Å². The molecule has 98 valence electrons. The number of nitrogens with zero attached hydrogens (tertiary/aromatic N) is 2. The summed E-state index contributed by atoms with van der Waals surface area (Å²) in [5.74, 6) is 0. The van der Waals surface area contributed by atoms with E-state index in [4.69, 9.17) is 0 Å². The Morgan fingerprint density at radius 1 is 1.33 bits per heavy atom. The maximum Gasteiger partial charge on any atom is 0.335 e. The van der Waals surface area contributed by atoms with Crippen LogP contribution in [0.4, 0.5) is 10.5 Å². The molecule has 1 aliphatic heterocycles. The summed E-state index contributed by atoms with van der Waals surface area (Å²) in [6, 6.07) is 4.34. The Morgan fingerprint density at radius 3 is 2.61 bits per heavy atom. The molecule has 18 heavy (non-hydrogen) atoms.